The maximum Gasteiger partial charge on any atom is 0.707 e. The van der Waals surface area contributed by atoms with Gasteiger partial charge >= 0.3 is 7.32 Å². The van der Waals surface area contributed by atoms with E-state index < -0.39 is 13.2 Å². The molecule has 0 saturated heterocycles. The smallest absolute Gasteiger partial charge is 0.512 e. The average Bonchev–Trinajstić information content (AvgIpc) is 2.07. The molecular formula is C8H10BNO4. The second-order valence-electron chi connectivity index (χ2n) is 2.79. The van der Waals surface area contributed by atoms with Crippen LogP contribution in [0.25, 0.3) is 0 Å². The van der Waals surface area contributed by atoms with Crippen molar-refractivity contribution in [1.29, 1.82) is 0 Å². The highest BCUT2D eigenvalue weighted by Gasteiger charge is 2.13. The van der Waals surface area contributed by atoms with Crippen LogP contribution < -0.4 is 10.4 Å². The highest BCUT2D eigenvalue weighted by atomic mass is 16.6. The van der Waals surface area contributed by atoms with Gasteiger partial charge in [0.2, 0.25) is 5.91 Å². The number of nitrogens with two attached hydrogens (primary N) is 1. The Kier molecular flexibility index (Phi) is 3.11. The SMILES string of the molecule is Cc1cc(C(N)=O)ccc1OB(O)O. The number of primary amides is 1. The lowest BCUT2D eigenvalue weighted by atomic mass is 10.1. The number of aryl methyl sites for hydroxylation is 1. The fraction of sp³-hybridized carbons (Fsp3) is 0.125. The van der Waals surface area contributed by atoms with Crippen molar-refractivity contribution in [3.63, 3.8) is 0 Å². The highest BCUT2D eigenvalue weighted by molar-refractivity contribution is 6.33. The van der Waals surface area contributed by atoms with Gasteiger partial charge in [-0.25, -0.2) is 0 Å². The van der Waals surface area contributed by atoms with Crippen LogP contribution in [0.4, 0.5) is 0 Å². The summed E-state index contributed by atoms with van der Waals surface area (Å²) in [5.74, 6) is -0.241. The zero-order valence-electron chi connectivity index (χ0n) is 7.60. The maximum atomic E-state index is 10.8. The van der Waals surface area contributed by atoms with Crippen LogP contribution in [0.5, 0.6) is 5.75 Å². The molecule has 1 aromatic carbocycles. The van der Waals surface area contributed by atoms with Gasteiger partial charge in [0.05, 0.1) is 0 Å². The number of hydrogen-bond donors (Lipinski definition) is 3. The Bertz CT molecular complexity index is 353. The Balaban J connectivity index is 2.95. The van der Waals surface area contributed by atoms with Gasteiger partial charge in [-0.15, -0.1) is 0 Å². The van der Waals surface area contributed by atoms with Crippen LogP contribution in [0.1, 0.15) is 15.9 Å². The molecule has 74 valence electrons. The van der Waals surface area contributed by atoms with Crippen LogP contribution in [0.15, 0.2) is 18.2 Å². The molecule has 1 aromatic rings. The third kappa shape index (κ3) is 2.48. The summed E-state index contributed by atoms with van der Waals surface area (Å²) in [6.07, 6.45) is 0. The van der Waals surface area contributed by atoms with Crippen LogP contribution in [0.3, 0.4) is 0 Å². The van der Waals surface area contributed by atoms with E-state index in [4.69, 9.17) is 15.8 Å². The van der Waals surface area contributed by atoms with E-state index in [1.165, 1.54) is 18.2 Å². The number of rotatable bonds is 3. The van der Waals surface area contributed by atoms with Gasteiger partial charge in [0.25, 0.3) is 0 Å². The molecule has 0 fully saturated rings. The third-order valence-corrected chi connectivity index (χ3v) is 1.69. The number of amides is 1. The first-order valence-electron chi connectivity index (χ1n) is 3.94. The molecular weight excluding hydrogens is 185 g/mol. The topological polar surface area (TPSA) is 92.8 Å². The molecule has 0 unspecified atom stereocenters. The van der Waals surface area contributed by atoms with E-state index in [9.17, 15) is 4.79 Å². The largest absolute Gasteiger partial charge is 0.707 e. The molecule has 5 nitrogen and oxygen atoms in total. The van der Waals surface area contributed by atoms with Crippen LogP contribution >= 0.6 is 0 Å². The Morgan fingerprint density at radius 3 is 2.57 bits per heavy atom. The highest BCUT2D eigenvalue weighted by Crippen LogP contribution is 2.18. The summed E-state index contributed by atoms with van der Waals surface area (Å²) in [6, 6.07) is 4.42. The van der Waals surface area contributed by atoms with Crippen molar-refractivity contribution < 1.29 is 19.5 Å². The van der Waals surface area contributed by atoms with E-state index >= 15 is 0 Å². The number of benzene rings is 1. The van der Waals surface area contributed by atoms with Crippen molar-refractivity contribution >= 4 is 13.2 Å². The van der Waals surface area contributed by atoms with Crippen molar-refractivity contribution in [2.45, 2.75) is 6.92 Å². The minimum atomic E-state index is -1.87. The molecule has 0 aromatic heterocycles. The standard InChI is InChI=1S/C8H10BNO4/c1-5-4-6(8(10)11)2-3-7(5)14-9(12)13/h2-4,12-13H,1H3,(H2,10,11). The Hall–Kier alpha value is -1.53. The summed E-state index contributed by atoms with van der Waals surface area (Å²) in [5, 5.41) is 17.1. The lowest BCUT2D eigenvalue weighted by Gasteiger charge is -2.08. The van der Waals surface area contributed by atoms with Crippen molar-refractivity contribution in [1.82, 2.24) is 0 Å². The molecule has 1 rings (SSSR count). The summed E-state index contributed by atoms with van der Waals surface area (Å²) in [5.41, 5.74) is 6.01. The van der Waals surface area contributed by atoms with Crippen LogP contribution in [0.2, 0.25) is 0 Å². The molecule has 0 aliphatic rings. The molecule has 0 radical (unpaired) electrons. The molecule has 0 saturated carbocycles. The van der Waals surface area contributed by atoms with Crippen molar-refractivity contribution in [3.8, 4) is 5.75 Å². The van der Waals surface area contributed by atoms with E-state index in [2.05, 4.69) is 4.65 Å². The monoisotopic (exact) mass is 195 g/mol. The Morgan fingerprint density at radius 1 is 1.50 bits per heavy atom. The van der Waals surface area contributed by atoms with Gasteiger partial charge in [0, 0.05) is 5.56 Å². The van der Waals surface area contributed by atoms with E-state index in [0.717, 1.165) is 0 Å². The molecule has 0 aliphatic heterocycles. The van der Waals surface area contributed by atoms with Crippen molar-refractivity contribution in [2.24, 2.45) is 5.73 Å². The molecule has 0 aliphatic carbocycles. The van der Waals surface area contributed by atoms with Crippen molar-refractivity contribution in [3.05, 3.63) is 29.3 Å². The summed E-state index contributed by atoms with van der Waals surface area (Å²) < 4.78 is 4.64. The summed E-state index contributed by atoms with van der Waals surface area (Å²) >= 11 is 0. The third-order valence-electron chi connectivity index (χ3n) is 1.69. The number of carbonyl (C=O) groups excluding carboxylic acids is 1. The molecule has 0 spiro atoms. The van der Waals surface area contributed by atoms with Gasteiger partial charge in [0.1, 0.15) is 5.75 Å². The summed E-state index contributed by atoms with van der Waals surface area (Å²) in [6.45, 7) is 1.67. The first kappa shape index (κ1) is 10.6. The zero-order valence-corrected chi connectivity index (χ0v) is 7.60. The van der Waals surface area contributed by atoms with E-state index in [1.54, 1.807) is 6.92 Å². The number of carbonyl (C=O) groups is 1. The van der Waals surface area contributed by atoms with E-state index in [1.807, 2.05) is 0 Å². The van der Waals surface area contributed by atoms with Gasteiger partial charge in [-0.3, -0.25) is 4.79 Å². The molecule has 1 amide bonds. The second kappa shape index (κ2) is 4.12. The van der Waals surface area contributed by atoms with E-state index in [0.29, 0.717) is 16.9 Å². The van der Waals surface area contributed by atoms with Gasteiger partial charge in [-0.1, -0.05) is 0 Å². The first-order valence-corrected chi connectivity index (χ1v) is 3.94. The van der Waals surface area contributed by atoms with Gasteiger partial charge in [0.15, 0.2) is 0 Å². The van der Waals surface area contributed by atoms with Crippen LogP contribution in [-0.2, 0) is 0 Å². The average molecular weight is 195 g/mol. The van der Waals surface area contributed by atoms with Gasteiger partial charge < -0.3 is 20.4 Å². The summed E-state index contributed by atoms with van der Waals surface area (Å²) in [4.78, 5) is 10.8. The molecule has 0 heterocycles. The quantitative estimate of drug-likeness (QED) is 0.563. The van der Waals surface area contributed by atoms with Crippen LogP contribution in [-0.4, -0.2) is 23.3 Å². The van der Waals surface area contributed by atoms with Gasteiger partial charge in [-0.05, 0) is 30.7 Å². The molecule has 6 heteroatoms. The fourth-order valence-corrected chi connectivity index (χ4v) is 1.05. The van der Waals surface area contributed by atoms with Gasteiger partial charge in [-0.2, -0.15) is 0 Å². The molecule has 4 N–H and O–H groups in total. The summed E-state index contributed by atoms with van der Waals surface area (Å²) in [7, 11) is -1.87. The lowest BCUT2D eigenvalue weighted by molar-refractivity contribution is 0.1000. The minimum absolute atomic E-state index is 0.296. The first-order chi connectivity index (χ1) is 6.50. The Labute approximate surface area is 81.3 Å². The molecule has 14 heavy (non-hydrogen) atoms. The maximum absolute atomic E-state index is 10.8. The zero-order chi connectivity index (χ0) is 10.7. The van der Waals surface area contributed by atoms with Crippen molar-refractivity contribution in [2.75, 3.05) is 0 Å². The molecule has 0 bridgehead atoms. The Morgan fingerprint density at radius 2 is 2.14 bits per heavy atom. The second-order valence-corrected chi connectivity index (χ2v) is 2.79. The minimum Gasteiger partial charge on any atom is -0.512 e. The number of hydrogen-bond acceptors (Lipinski definition) is 4. The fourth-order valence-electron chi connectivity index (χ4n) is 1.05. The van der Waals surface area contributed by atoms with Crippen LogP contribution in [0, 0.1) is 6.92 Å². The molecule has 0 atom stereocenters. The predicted octanol–water partition coefficient (Wildman–Crippen LogP) is -0.558. The normalized spacial score (nSPS) is 9.64. The predicted molar refractivity (Wildman–Crippen MR) is 50.5 cm³/mol. The van der Waals surface area contributed by atoms with E-state index in [-0.39, 0.29) is 0 Å². The lowest BCUT2D eigenvalue weighted by Crippen LogP contribution is -2.21.